The SMILES string of the molecule is C=C[C@H]1/C=C/O[C@@]2(C)Oc3c(C)c(O)c4c(O)c(c5c(c4c3C2=O)NC2(CCN(CC(C)C)CC2)N=5)=NC(=O)/C(C)=C\C=C\[C@H](C)[C@H](O)[C@@H](C)[C@@H](O)[C@@H](C)[C@H](OC(=O)CC(=O)NCC2CCCN(C)C2)[C@@H]1C. The number of piperidine rings is 2. The standard InChI is InChI=1S/C55H76N6O11/c1-12-37-18-24-70-54(10)52(68)42-40-41(48(66)35(9)51(42)72-54)49(67)45(44-43(40)58-55(59-44)19-22-61(23-20-55)27-29(2)3)57-53(69)31(5)16-13-15-30(4)46(64)33(7)47(65)34(8)50(32(37)6)71-39(63)25-38(62)56-26-36-17-14-21-60(11)28-36/h12-13,15-16,18,24,29-30,32-34,36-37,46-47,50,58,64-67H,1,14,17,19-23,25-28H2,2-11H3,(H,56,62)/b15-13+,24-18+,31-16-,57-45?/t30-,32+,33+,34+,36?,37-,46-,47+,50+,54-/m0/s1. The summed E-state index contributed by atoms with van der Waals surface area (Å²) < 4.78 is 18.7. The second-order valence-corrected chi connectivity index (χ2v) is 21.7. The van der Waals surface area contributed by atoms with Gasteiger partial charge in [0.1, 0.15) is 40.4 Å². The molecular weight excluding hydrogens is 921 g/mol. The molecule has 0 radical (unpaired) electrons. The van der Waals surface area contributed by atoms with E-state index in [2.05, 4.69) is 45.9 Å². The molecular formula is C55H76N6O11. The zero-order valence-electron chi connectivity index (χ0n) is 43.7. The number of phenolic OH excluding ortho intramolecular Hbond substituents is 2. The number of aliphatic hydroxyl groups is 2. The summed E-state index contributed by atoms with van der Waals surface area (Å²) in [5, 5.41) is 54.2. The summed E-state index contributed by atoms with van der Waals surface area (Å²) >= 11 is 0. The van der Waals surface area contributed by atoms with Crippen LogP contribution in [-0.4, -0.2) is 130 Å². The Bertz CT molecular complexity index is 2670. The molecule has 0 aromatic heterocycles. The number of aromatic hydroxyl groups is 2. The van der Waals surface area contributed by atoms with Gasteiger partial charge in [-0.05, 0) is 58.2 Å². The Morgan fingerprint density at radius 1 is 1.00 bits per heavy atom. The van der Waals surface area contributed by atoms with Crippen molar-refractivity contribution in [2.24, 2.45) is 51.4 Å². The Hall–Kier alpha value is -5.62. The van der Waals surface area contributed by atoms with E-state index in [9.17, 15) is 39.6 Å². The van der Waals surface area contributed by atoms with Crippen LogP contribution in [0.5, 0.6) is 17.2 Å². The predicted molar refractivity (Wildman–Crippen MR) is 273 cm³/mol. The van der Waals surface area contributed by atoms with Gasteiger partial charge in [0.05, 0.1) is 35.1 Å². The Balaban J connectivity index is 1.29. The van der Waals surface area contributed by atoms with Gasteiger partial charge in [0, 0.05) is 98.6 Å². The molecule has 2 aromatic rings. The highest BCUT2D eigenvalue weighted by Crippen LogP contribution is 2.51. The molecule has 2 saturated heterocycles. The predicted octanol–water partition coefficient (Wildman–Crippen LogP) is 5.36. The number of fused-ring (bicyclic) bond motifs is 13. The molecule has 10 atom stereocenters. The molecule has 2 fully saturated rings. The number of allylic oxidation sites excluding steroid dienone is 4. The summed E-state index contributed by atoms with van der Waals surface area (Å²) in [5.74, 6) is -8.02. The number of ketones is 1. The summed E-state index contributed by atoms with van der Waals surface area (Å²) in [4.78, 5) is 69.9. The first kappa shape index (κ1) is 54.2. The number of esters is 1. The number of nitrogens with one attached hydrogen (secondary N) is 2. The molecule has 1 unspecified atom stereocenters. The zero-order valence-corrected chi connectivity index (χ0v) is 43.7. The number of amides is 2. The van der Waals surface area contributed by atoms with Crippen molar-refractivity contribution >= 4 is 40.0 Å². The third kappa shape index (κ3) is 11.0. The topological polar surface area (TPSA) is 232 Å². The van der Waals surface area contributed by atoms with Crippen LogP contribution in [-0.2, 0) is 23.9 Å². The van der Waals surface area contributed by atoms with Crippen molar-refractivity contribution in [3.63, 3.8) is 0 Å². The molecule has 2 amide bonds. The van der Waals surface area contributed by atoms with Crippen LogP contribution in [0.4, 0.5) is 5.69 Å². The van der Waals surface area contributed by atoms with Gasteiger partial charge in [0.2, 0.25) is 5.91 Å². The van der Waals surface area contributed by atoms with E-state index in [1.165, 1.54) is 19.3 Å². The van der Waals surface area contributed by atoms with Crippen molar-refractivity contribution in [3.05, 3.63) is 70.6 Å². The van der Waals surface area contributed by atoms with E-state index in [4.69, 9.17) is 19.2 Å². The molecule has 1 spiro atoms. The van der Waals surface area contributed by atoms with E-state index < -0.39 is 95.1 Å². The molecule has 5 bridgehead atoms. The fraction of sp³-hybridized carbons (Fsp3) is 0.600. The highest BCUT2D eigenvalue weighted by molar-refractivity contribution is 6.21. The van der Waals surface area contributed by atoms with Gasteiger partial charge in [0.15, 0.2) is 5.75 Å². The molecule has 2 aromatic carbocycles. The molecule has 6 heterocycles. The number of likely N-dealkylation sites (tertiary alicyclic amines) is 2. The van der Waals surface area contributed by atoms with E-state index in [0.717, 1.165) is 32.5 Å². The first-order valence-electron chi connectivity index (χ1n) is 25.6. The van der Waals surface area contributed by atoms with Crippen LogP contribution in [0.1, 0.15) is 103 Å². The maximum absolute atomic E-state index is 14.9. The van der Waals surface area contributed by atoms with E-state index in [1.807, 2.05) is 14.0 Å². The minimum Gasteiger partial charge on any atom is -0.507 e. The van der Waals surface area contributed by atoms with Crippen LogP contribution in [0, 0.1) is 48.3 Å². The van der Waals surface area contributed by atoms with E-state index in [1.54, 1.807) is 58.9 Å². The lowest BCUT2D eigenvalue weighted by Crippen LogP contribution is -2.47. The number of ether oxygens (including phenoxy) is 3. The van der Waals surface area contributed by atoms with Gasteiger partial charge in [-0.2, -0.15) is 0 Å². The highest BCUT2D eigenvalue weighted by Gasteiger charge is 2.51. The van der Waals surface area contributed by atoms with Gasteiger partial charge < -0.3 is 55.1 Å². The Morgan fingerprint density at radius 3 is 2.38 bits per heavy atom. The number of benzene rings is 2. The quantitative estimate of drug-likeness (QED) is 0.0846. The van der Waals surface area contributed by atoms with E-state index in [0.29, 0.717) is 44.1 Å². The van der Waals surface area contributed by atoms with Crippen molar-refractivity contribution in [2.75, 3.05) is 51.6 Å². The number of rotatable bonds is 8. The molecule has 0 saturated carbocycles. The normalized spacial score (nSPS) is 31.9. The first-order valence-corrected chi connectivity index (χ1v) is 25.6. The minimum absolute atomic E-state index is 0.0391. The van der Waals surface area contributed by atoms with Gasteiger partial charge in [-0.25, -0.2) is 4.99 Å². The lowest BCUT2D eigenvalue weighted by atomic mass is 9.76. The molecule has 72 heavy (non-hydrogen) atoms. The first-order chi connectivity index (χ1) is 34.0. The zero-order chi connectivity index (χ0) is 52.6. The number of phenols is 2. The van der Waals surface area contributed by atoms with Gasteiger partial charge in [-0.15, -0.1) is 6.58 Å². The number of nitrogens with zero attached hydrogens (tertiary/aromatic N) is 4. The Kier molecular flexibility index (Phi) is 16.4. The smallest absolute Gasteiger partial charge is 0.315 e. The van der Waals surface area contributed by atoms with Crippen molar-refractivity contribution < 1.29 is 53.8 Å². The highest BCUT2D eigenvalue weighted by atomic mass is 16.7. The lowest BCUT2D eigenvalue weighted by Gasteiger charge is -2.38. The van der Waals surface area contributed by atoms with Gasteiger partial charge in [0.25, 0.3) is 11.7 Å². The number of aliphatic hydroxyl groups excluding tert-OH is 2. The van der Waals surface area contributed by atoms with Crippen LogP contribution >= 0.6 is 0 Å². The fourth-order valence-electron chi connectivity index (χ4n) is 11.2. The summed E-state index contributed by atoms with van der Waals surface area (Å²) in [6.45, 7) is 24.5. The molecule has 6 aliphatic rings. The Labute approximate surface area is 422 Å². The fourth-order valence-corrected chi connectivity index (χ4v) is 11.2. The van der Waals surface area contributed by atoms with Crippen molar-refractivity contribution in [1.82, 2.24) is 15.1 Å². The molecule has 0 aliphatic carbocycles. The number of Topliss-reactive ketones (excluding diaryl/α,β-unsaturated/α-hetero) is 1. The lowest BCUT2D eigenvalue weighted by molar-refractivity contribution is -0.162. The third-order valence-corrected chi connectivity index (χ3v) is 15.6. The largest absolute Gasteiger partial charge is 0.507 e. The van der Waals surface area contributed by atoms with Crippen LogP contribution < -0.4 is 26.1 Å². The molecule has 6 N–H and O–H groups in total. The summed E-state index contributed by atoms with van der Waals surface area (Å²) in [5.41, 5.74) is -0.194. The molecule has 17 nitrogen and oxygen atoms in total. The maximum atomic E-state index is 14.9. The average Bonchev–Trinajstić information content (AvgIpc) is 3.84. The van der Waals surface area contributed by atoms with Crippen LogP contribution in [0.2, 0.25) is 0 Å². The van der Waals surface area contributed by atoms with Crippen LogP contribution in [0.25, 0.3) is 10.8 Å². The van der Waals surface area contributed by atoms with E-state index >= 15 is 0 Å². The van der Waals surface area contributed by atoms with E-state index in [-0.39, 0.29) is 55.6 Å². The van der Waals surface area contributed by atoms with Crippen molar-refractivity contribution in [3.8, 4) is 17.2 Å². The third-order valence-electron chi connectivity index (χ3n) is 15.6. The monoisotopic (exact) mass is 997 g/mol. The molecule has 17 heteroatoms. The average molecular weight is 997 g/mol. The summed E-state index contributed by atoms with van der Waals surface area (Å²) in [6, 6.07) is 0. The van der Waals surface area contributed by atoms with Gasteiger partial charge in [-0.3, -0.25) is 24.2 Å². The minimum atomic E-state index is -1.99. The molecule has 8 rings (SSSR count). The number of carbonyl (C=O) groups is 4. The summed E-state index contributed by atoms with van der Waals surface area (Å²) in [6.07, 6.45) is 8.65. The van der Waals surface area contributed by atoms with Crippen molar-refractivity contribution in [2.45, 2.75) is 124 Å². The second kappa shape index (κ2) is 21.8. The molecule has 6 aliphatic heterocycles. The van der Waals surface area contributed by atoms with Gasteiger partial charge in [-0.1, -0.05) is 65.8 Å². The number of carbonyl (C=O) groups excluding carboxylic acids is 4. The van der Waals surface area contributed by atoms with Crippen LogP contribution in [0.3, 0.4) is 0 Å². The number of hydrogen-bond acceptors (Lipinski definition) is 15. The van der Waals surface area contributed by atoms with Crippen molar-refractivity contribution in [1.29, 1.82) is 0 Å². The second-order valence-electron chi connectivity index (χ2n) is 21.7. The molecule has 392 valence electrons. The van der Waals surface area contributed by atoms with Crippen LogP contribution in [0.15, 0.2) is 58.8 Å². The number of anilines is 1. The Morgan fingerprint density at radius 2 is 1.71 bits per heavy atom. The number of hydrogen-bond donors (Lipinski definition) is 6. The maximum Gasteiger partial charge on any atom is 0.315 e. The van der Waals surface area contributed by atoms with Gasteiger partial charge >= 0.3 is 11.8 Å². The summed E-state index contributed by atoms with van der Waals surface area (Å²) in [7, 11) is 2.04.